The summed E-state index contributed by atoms with van der Waals surface area (Å²) in [6.07, 6.45) is 6.52. The van der Waals surface area contributed by atoms with Crippen LogP contribution in [0.1, 0.15) is 25.7 Å². The van der Waals surface area contributed by atoms with Crippen molar-refractivity contribution in [3.63, 3.8) is 0 Å². The molecule has 7 atom stereocenters. The van der Waals surface area contributed by atoms with Gasteiger partial charge < -0.3 is 21.6 Å². The molecule has 0 aromatic rings. The van der Waals surface area contributed by atoms with Gasteiger partial charge in [0.1, 0.15) is 0 Å². The van der Waals surface area contributed by atoms with E-state index in [1.165, 1.54) is 30.2 Å². The highest BCUT2D eigenvalue weighted by Crippen LogP contribution is 2.63. The Morgan fingerprint density at radius 3 is 2.07 bits per heavy atom. The maximum absolute atomic E-state index is 5.79. The van der Waals surface area contributed by atoms with Gasteiger partial charge in [0.25, 0.3) is 0 Å². The van der Waals surface area contributed by atoms with Crippen LogP contribution in [0.25, 0.3) is 0 Å². The molecule has 2 nitrogen and oxygen atoms in total. The lowest BCUT2D eigenvalue weighted by atomic mass is 9.76. The Bertz CT molecular complexity index is 273. The Hall–Kier alpha value is 0.210. The maximum Gasteiger partial charge on any atom is 0.0950 e. The Morgan fingerprint density at radius 2 is 1.60 bits per heavy atom. The van der Waals surface area contributed by atoms with E-state index in [1.807, 2.05) is 7.11 Å². The highest BCUT2D eigenvalue weighted by molar-refractivity contribution is 5.09. The molecule has 4 saturated heterocycles. The largest absolute Gasteiger partial charge is 1.00 e. The molecule has 4 aliphatic heterocycles. The van der Waals surface area contributed by atoms with Gasteiger partial charge in [0.15, 0.2) is 0 Å². The smallest absolute Gasteiger partial charge is 0.0950 e. The van der Waals surface area contributed by atoms with Crippen molar-refractivity contribution in [2.24, 2.45) is 11.8 Å². The standard InChI is InChI=1S/C12H20NO.ClH/c1-13-7-5-8-10(13)3-4-11(13)9(6-7)12(8)14-2;/h7-12H,3-6H2,1-2H3;1H/q+1;/p-1/t7?,8-,9+,10-,11+,12?,13?;. The van der Waals surface area contributed by atoms with Gasteiger partial charge in [-0.05, 0) is 0 Å². The van der Waals surface area contributed by atoms with Crippen molar-refractivity contribution in [1.29, 1.82) is 0 Å². The molecule has 5 rings (SSSR count). The molecule has 0 amide bonds. The second kappa shape index (κ2) is 2.91. The molecule has 6 bridgehead atoms. The van der Waals surface area contributed by atoms with Crippen molar-refractivity contribution < 1.29 is 21.6 Å². The van der Waals surface area contributed by atoms with Crippen molar-refractivity contribution in [3.05, 3.63) is 0 Å². The summed E-state index contributed by atoms with van der Waals surface area (Å²) in [5.74, 6) is 1.82. The summed E-state index contributed by atoms with van der Waals surface area (Å²) >= 11 is 0. The summed E-state index contributed by atoms with van der Waals surface area (Å²) < 4.78 is 7.24. The number of methoxy groups -OCH3 is 1. The molecular weight excluding hydrogens is 210 g/mol. The summed E-state index contributed by atoms with van der Waals surface area (Å²) in [4.78, 5) is 0. The number of hydrogen-bond acceptors (Lipinski definition) is 1. The molecule has 1 aliphatic carbocycles. The first-order chi connectivity index (χ1) is 6.76. The van der Waals surface area contributed by atoms with Crippen molar-refractivity contribution in [3.8, 4) is 0 Å². The van der Waals surface area contributed by atoms with Gasteiger partial charge in [-0.2, -0.15) is 0 Å². The number of ether oxygens (including phenoxy) is 1. The minimum Gasteiger partial charge on any atom is -1.00 e. The average molecular weight is 230 g/mol. The van der Waals surface area contributed by atoms with E-state index in [4.69, 9.17) is 4.74 Å². The normalized spacial score (nSPS) is 63.6. The van der Waals surface area contributed by atoms with Gasteiger partial charge in [-0.1, -0.05) is 0 Å². The summed E-state index contributed by atoms with van der Waals surface area (Å²) in [7, 11) is 4.48. The average Bonchev–Trinajstić information content (AvgIpc) is 2.67. The molecule has 15 heavy (non-hydrogen) atoms. The second-order valence-electron chi connectivity index (χ2n) is 6.09. The van der Waals surface area contributed by atoms with E-state index >= 15 is 0 Å². The molecule has 3 unspecified atom stereocenters. The minimum absolute atomic E-state index is 0. The maximum atomic E-state index is 5.79. The molecule has 3 heteroatoms. The Balaban J connectivity index is 0.000000722. The van der Waals surface area contributed by atoms with Gasteiger partial charge in [-0.3, -0.25) is 0 Å². The van der Waals surface area contributed by atoms with Crippen LogP contribution in [-0.2, 0) is 4.74 Å². The number of halogens is 1. The van der Waals surface area contributed by atoms with E-state index in [9.17, 15) is 0 Å². The fourth-order valence-corrected chi connectivity index (χ4v) is 5.80. The lowest BCUT2D eigenvalue weighted by Crippen LogP contribution is -3.00. The van der Waals surface area contributed by atoms with Crippen LogP contribution in [-0.4, -0.2) is 42.9 Å². The van der Waals surface area contributed by atoms with Crippen LogP contribution in [0.5, 0.6) is 0 Å². The molecule has 0 N–H and O–H groups in total. The third-order valence-electron chi connectivity index (χ3n) is 6.17. The van der Waals surface area contributed by atoms with Crippen LogP contribution in [0.3, 0.4) is 0 Å². The zero-order valence-corrected chi connectivity index (χ0v) is 10.3. The first-order valence-electron chi connectivity index (χ1n) is 6.15. The van der Waals surface area contributed by atoms with Gasteiger partial charge in [-0.15, -0.1) is 0 Å². The molecule has 0 spiro atoms. The van der Waals surface area contributed by atoms with E-state index in [2.05, 4.69) is 7.05 Å². The highest BCUT2D eigenvalue weighted by Gasteiger charge is 2.73. The lowest BCUT2D eigenvalue weighted by Gasteiger charge is -2.43. The molecule has 1 saturated carbocycles. The molecular formula is C12H20ClNO. The monoisotopic (exact) mass is 229 g/mol. The number of quaternary nitrogens is 1. The fraction of sp³-hybridized carbons (Fsp3) is 1.00. The summed E-state index contributed by atoms with van der Waals surface area (Å²) in [5, 5.41) is 0. The van der Waals surface area contributed by atoms with Crippen LogP contribution >= 0.6 is 0 Å². The van der Waals surface area contributed by atoms with Crippen molar-refractivity contribution in [2.75, 3.05) is 14.2 Å². The third-order valence-corrected chi connectivity index (χ3v) is 6.17. The van der Waals surface area contributed by atoms with E-state index in [1.54, 1.807) is 0 Å². The second-order valence-corrected chi connectivity index (χ2v) is 6.09. The molecule has 5 fully saturated rings. The van der Waals surface area contributed by atoms with E-state index in [0.29, 0.717) is 6.10 Å². The van der Waals surface area contributed by atoms with E-state index < -0.39 is 0 Å². The Labute approximate surface area is 98.0 Å². The minimum atomic E-state index is 0. The number of piperidine rings is 1. The lowest BCUT2D eigenvalue weighted by molar-refractivity contribution is -0.947. The number of hydrogen-bond donors (Lipinski definition) is 0. The van der Waals surface area contributed by atoms with Gasteiger partial charge in [-0.25, -0.2) is 0 Å². The van der Waals surface area contributed by atoms with Crippen molar-refractivity contribution in [2.45, 2.75) is 49.9 Å². The predicted octanol–water partition coefficient (Wildman–Crippen LogP) is -1.59. The van der Waals surface area contributed by atoms with Gasteiger partial charge in [0, 0.05) is 44.6 Å². The van der Waals surface area contributed by atoms with Crippen LogP contribution in [0.2, 0.25) is 0 Å². The van der Waals surface area contributed by atoms with Crippen molar-refractivity contribution >= 4 is 0 Å². The summed E-state index contributed by atoms with van der Waals surface area (Å²) in [6, 6.07) is 2.94. The van der Waals surface area contributed by atoms with Crippen LogP contribution in [0.15, 0.2) is 0 Å². The zero-order valence-electron chi connectivity index (χ0n) is 9.53. The third kappa shape index (κ3) is 0.875. The van der Waals surface area contributed by atoms with Crippen molar-refractivity contribution in [1.82, 2.24) is 0 Å². The summed E-state index contributed by atoms with van der Waals surface area (Å²) in [5.41, 5.74) is 0. The molecule has 5 aliphatic rings. The number of rotatable bonds is 1. The van der Waals surface area contributed by atoms with Crippen LogP contribution in [0.4, 0.5) is 0 Å². The topological polar surface area (TPSA) is 9.23 Å². The molecule has 86 valence electrons. The molecule has 0 aromatic heterocycles. The SMILES string of the molecule is COC1[C@H]2CC3C[C@@H]1[C@H]1CC[C@@H]2[N+]31C.[Cl-]. The first-order valence-corrected chi connectivity index (χ1v) is 6.15. The Morgan fingerprint density at radius 1 is 1.07 bits per heavy atom. The zero-order chi connectivity index (χ0) is 9.50. The fourth-order valence-electron chi connectivity index (χ4n) is 5.80. The van der Waals surface area contributed by atoms with Gasteiger partial charge >= 0.3 is 0 Å². The predicted molar refractivity (Wildman–Crippen MR) is 53.8 cm³/mol. The molecule has 0 aromatic carbocycles. The van der Waals surface area contributed by atoms with Crippen LogP contribution in [0, 0.1) is 11.8 Å². The van der Waals surface area contributed by atoms with Crippen LogP contribution < -0.4 is 12.4 Å². The summed E-state index contributed by atoms with van der Waals surface area (Å²) in [6.45, 7) is 0. The Kier molecular flexibility index (Phi) is 2.01. The van der Waals surface area contributed by atoms with E-state index in [-0.39, 0.29) is 12.4 Å². The van der Waals surface area contributed by atoms with E-state index in [0.717, 1.165) is 30.0 Å². The first kappa shape index (κ1) is 10.4. The highest BCUT2D eigenvalue weighted by atomic mass is 35.5. The van der Waals surface area contributed by atoms with Gasteiger partial charge in [0.2, 0.25) is 0 Å². The van der Waals surface area contributed by atoms with Gasteiger partial charge in [0.05, 0.1) is 31.3 Å². The molecule has 4 heterocycles. The molecule has 0 radical (unpaired) electrons. The quantitative estimate of drug-likeness (QED) is 0.493. The number of nitrogens with zero attached hydrogens (tertiary/aromatic N) is 1.